The molecule has 3 heterocycles. The number of pyridine rings is 1. The van der Waals surface area contributed by atoms with E-state index in [4.69, 9.17) is 5.11 Å². The molecule has 19 heavy (non-hydrogen) atoms. The largest absolute Gasteiger partial charge is 0.475 e. The van der Waals surface area contributed by atoms with Crippen LogP contribution in [0.3, 0.4) is 0 Å². The number of halogens is 1. The zero-order valence-electron chi connectivity index (χ0n) is 9.36. The van der Waals surface area contributed by atoms with Crippen molar-refractivity contribution in [3.63, 3.8) is 0 Å². The van der Waals surface area contributed by atoms with E-state index in [2.05, 4.69) is 20.1 Å². The molecule has 0 radical (unpaired) electrons. The monoisotopic (exact) mass is 259 g/mol. The van der Waals surface area contributed by atoms with Crippen molar-refractivity contribution < 1.29 is 14.3 Å². The molecule has 0 aromatic carbocycles. The van der Waals surface area contributed by atoms with Crippen LogP contribution in [0.5, 0.6) is 0 Å². The molecular formula is C11H6FN5O2. The normalized spacial score (nSPS) is 10.8. The Balaban J connectivity index is 2.23. The lowest BCUT2D eigenvalue weighted by atomic mass is 10.2. The molecule has 94 valence electrons. The molecule has 0 aliphatic carbocycles. The van der Waals surface area contributed by atoms with Crippen LogP contribution in [0.1, 0.15) is 10.6 Å². The van der Waals surface area contributed by atoms with Crippen molar-refractivity contribution >= 4 is 11.7 Å². The van der Waals surface area contributed by atoms with Gasteiger partial charge >= 0.3 is 5.97 Å². The molecule has 0 saturated carbocycles. The van der Waals surface area contributed by atoms with Crippen molar-refractivity contribution in [3.8, 4) is 11.4 Å². The van der Waals surface area contributed by atoms with Gasteiger partial charge in [0.05, 0.1) is 17.6 Å². The third-order valence-electron chi connectivity index (χ3n) is 2.42. The second-order valence-corrected chi connectivity index (χ2v) is 3.64. The Hall–Kier alpha value is -2.90. The molecule has 3 aromatic heterocycles. The molecule has 0 atom stereocenters. The van der Waals surface area contributed by atoms with Gasteiger partial charge in [0.2, 0.25) is 0 Å². The Labute approximate surface area is 105 Å². The van der Waals surface area contributed by atoms with Crippen molar-refractivity contribution in [1.29, 1.82) is 0 Å². The molecule has 0 amide bonds. The first-order valence-corrected chi connectivity index (χ1v) is 5.22. The summed E-state index contributed by atoms with van der Waals surface area (Å²) in [5, 5.41) is 12.7. The smallest absolute Gasteiger partial charge is 0.375 e. The summed E-state index contributed by atoms with van der Waals surface area (Å²) in [5.74, 6) is -1.93. The number of carboxylic acid groups (broad SMARTS) is 1. The Bertz CT molecular complexity index is 768. The average molecular weight is 259 g/mol. The van der Waals surface area contributed by atoms with Crippen LogP contribution >= 0.6 is 0 Å². The van der Waals surface area contributed by atoms with Gasteiger partial charge in [-0.3, -0.25) is 4.98 Å². The summed E-state index contributed by atoms with van der Waals surface area (Å²) < 4.78 is 14.1. The lowest BCUT2D eigenvalue weighted by Crippen LogP contribution is -2.01. The number of aromatic carboxylic acids is 1. The molecule has 7 nitrogen and oxygen atoms in total. The van der Waals surface area contributed by atoms with E-state index in [0.717, 1.165) is 6.20 Å². The van der Waals surface area contributed by atoms with E-state index in [1.54, 1.807) is 6.07 Å². The van der Waals surface area contributed by atoms with Crippen LogP contribution in [-0.4, -0.2) is 35.6 Å². The van der Waals surface area contributed by atoms with Crippen LogP contribution in [0.4, 0.5) is 4.39 Å². The van der Waals surface area contributed by atoms with E-state index in [-0.39, 0.29) is 11.6 Å². The van der Waals surface area contributed by atoms with E-state index in [9.17, 15) is 9.18 Å². The Kier molecular flexibility index (Phi) is 2.41. The second kappa shape index (κ2) is 4.09. The zero-order valence-corrected chi connectivity index (χ0v) is 9.36. The summed E-state index contributed by atoms with van der Waals surface area (Å²) in [6.07, 6.45) is 2.52. The van der Waals surface area contributed by atoms with Crippen LogP contribution < -0.4 is 0 Å². The lowest BCUT2D eigenvalue weighted by molar-refractivity contribution is 0.0684. The Morgan fingerprint density at radius 2 is 2.11 bits per heavy atom. The summed E-state index contributed by atoms with van der Waals surface area (Å²) in [6, 6.07) is 4.31. The minimum atomic E-state index is -1.25. The predicted molar refractivity (Wildman–Crippen MR) is 60.9 cm³/mol. The summed E-state index contributed by atoms with van der Waals surface area (Å²) in [4.78, 5) is 22.4. The number of carbonyl (C=O) groups is 1. The van der Waals surface area contributed by atoms with Crippen molar-refractivity contribution in [2.75, 3.05) is 0 Å². The van der Waals surface area contributed by atoms with Gasteiger partial charge in [0.15, 0.2) is 0 Å². The number of hydrogen-bond acceptors (Lipinski definition) is 5. The molecule has 8 heteroatoms. The molecule has 3 rings (SSSR count). The first-order valence-electron chi connectivity index (χ1n) is 5.22. The van der Waals surface area contributed by atoms with E-state index >= 15 is 0 Å². The van der Waals surface area contributed by atoms with Crippen LogP contribution in [0.25, 0.3) is 17.2 Å². The first kappa shape index (κ1) is 11.2. The number of nitrogens with zero attached hydrogens (tertiary/aromatic N) is 5. The molecule has 0 saturated heterocycles. The van der Waals surface area contributed by atoms with Gasteiger partial charge in [-0.05, 0) is 18.2 Å². The molecular weight excluding hydrogens is 253 g/mol. The van der Waals surface area contributed by atoms with Crippen LogP contribution in [0.2, 0.25) is 0 Å². The minimum absolute atomic E-state index is 0.140. The molecule has 0 fully saturated rings. The van der Waals surface area contributed by atoms with Crippen molar-refractivity contribution in [2.24, 2.45) is 0 Å². The zero-order chi connectivity index (χ0) is 13.4. The summed E-state index contributed by atoms with van der Waals surface area (Å²) in [7, 11) is 0. The Morgan fingerprint density at radius 3 is 2.79 bits per heavy atom. The maximum atomic E-state index is 12.8. The van der Waals surface area contributed by atoms with Gasteiger partial charge in [0.25, 0.3) is 11.6 Å². The highest BCUT2D eigenvalue weighted by atomic mass is 19.1. The van der Waals surface area contributed by atoms with Gasteiger partial charge in [-0.2, -0.15) is 9.50 Å². The fourth-order valence-electron chi connectivity index (χ4n) is 1.61. The standard InChI is InChI=1S/C11H6FN5O2/c12-6-1-2-7(14-5-6)8-3-4-13-11-15-9(10(18)19)16-17(8)11/h1-5H,(H,18,19). The van der Waals surface area contributed by atoms with Crippen LogP contribution in [-0.2, 0) is 0 Å². The third kappa shape index (κ3) is 1.88. The van der Waals surface area contributed by atoms with Gasteiger partial charge in [0, 0.05) is 6.20 Å². The molecule has 1 N–H and O–H groups in total. The van der Waals surface area contributed by atoms with Crippen LogP contribution in [0, 0.1) is 5.82 Å². The highest BCUT2D eigenvalue weighted by molar-refractivity contribution is 5.83. The molecule has 0 bridgehead atoms. The van der Waals surface area contributed by atoms with Gasteiger partial charge in [-0.25, -0.2) is 14.2 Å². The van der Waals surface area contributed by atoms with Crippen molar-refractivity contribution in [3.05, 3.63) is 42.2 Å². The molecule has 0 spiro atoms. The van der Waals surface area contributed by atoms with E-state index in [0.29, 0.717) is 11.4 Å². The highest BCUT2D eigenvalue weighted by Gasteiger charge is 2.14. The topological polar surface area (TPSA) is 93.3 Å². The number of aromatic nitrogens is 5. The van der Waals surface area contributed by atoms with Gasteiger partial charge in [0.1, 0.15) is 5.82 Å². The maximum absolute atomic E-state index is 12.8. The molecule has 0 aliphatic heterocycles. The molecule has 3 aromatic rings. The second-order valence-electron chi connectivity index (χ2n) is 3.64. The number of fused-ring (bicyclic) bond motifs is 1. The van der Waals surface area contributed by atoms with Crippen molar-refractivity contribution in [1.82, 2.24) is 24.6 Å². The van der Waals surface area contributed by atoms with Gasteiger partial charge in [-0.15, -0.1) is 5.10 Å². The van der Waals surface area contributed by atoms with Crippen molar-refractivity contribution in [2.45, 2.75) is 0 Å². The summed E-state index contributed by atoms with van der Waals surface area (Å²) in [6.45, 7) is 0. The summed E-state index contributed by atoms with van der Waals surface area (Å²) >= 11 is 0. The number of hydrogen-bond donors (Lipinski definition) is 1. The van der Waals surface area contributed by atoms with E-state index in [1.165, 1.54) is 22.8 Å². The molecule has 0 unspecified atom stereocenters. The predicted octanol–water partition coefficient (Wildman–Crippen LogP) is 1.02. The number of rotatable bonds is 2. The quantitative estimate of drug-likeness (QED) is 0.738. The fourth-order valence-corrected chi connectivity index (χ4v) is 1.61. The first-order chi connectivity index (χ1) is 9.15. The van der Waals surface area contributed by atoms with Gasteiger partial charge < -0.3 is 5.11 Å². The number of carboxylic acids is 1. The average Bonchev–Trinajstić information content (AvgIpc) is 2.83. The minimum Gasteiger partial charge on any atom is -0.475 e. The van der Waals surface area contributed by atoms with Crippen LogP contribution in [0.15, 0.2) is 30.6 Å². The van der Waals surface area contributed by atoms with E-state index in [1.807, 2.05) is 0 Å². The summed E-state index contributed by atoms with van der Waals surface area (Å²) in [5.41, 5.74) is 0.917. The Morgan fingerprint density at radius 1 is 1.26 bits per heavy atom. The maximum Gasteiger partial charge on any atom is 0.375 e. The fraction of sp³-hybridized carbons (Fsp3) is 0. The lowest BCUT2D eigenvalue weighted by Gasteiger charge is -2.01. The highest BCUT2D eigenvalue weighted by Crippen LogP contribution is 2.16. The SMILES string of the molecule is O=C(O)c1nc2nccc(-c3ccc(F)cn3)n2n1. The molecule has 0 aliphatic rings. The van der Waals surface area contributed by atoms with Gasteiger partial charge in [-0.1, -0.05) is 0 Å². The van der Waals surface area contributed by atoms with E-state index < -0.39 is 11.8 Å². The third-order valence-corrected chi connectivity index (χ3v) is 2.42.